The monoisotopic (exact) mass is 689 g/mol. The molecule has 0 aromatic heterocycles. The van der Waals surface area contributed by atoms with Gasteiger partial charge in [0.2, 0.25) is 5.90 Å². The van der Waals surface area contributed by atoms with Crippen molar-refractivity contribution >= 4 is 27.7 Å². The molecule has 0 saturated heterocycles. The van der Waals surface area contributed by atoms with Gasteiger partial charge >= 0.3 is 0 Å². The van der Waals surface area contributed by atoms with E-state index in [-0.39, 0.29) is 32.0 Å². The van der Waals surface area contributed by atoms with Crippen molar-refractivity contribution in [3.05, 3.63) is 145 Å². The highest BCUT2D eigenvalue weighted by atomic mass is 79.9. The Bertz CT molecular complexity index is 1760. The fourth-order valence-corrected chi connectivity index (χ4v) is 5.45. The van der Waals surface area contributed by atoms with Gasteiger partial charge in [0.05, 0.1) is 13.2 Å². The maximum Gasteiger partial charge on any atom is 0.252 e. The van der Waals surface area contributed by atoms with Crippen LogP contribution in [0, 0.1) is 11.6 Å². The third kappa shape index (κ3) is 7.54. The molecule has 4 aromatic rings. The third-order valence-electron chi connectivity index (χ3n) is 7.52. The van der Waals surface area contributed by atoms with Crippen LogP contribution < -0.4 is 10.1 Å². The quantitative estimate of drug-likeness (QED) is 0.0671. The number of aliphatic hydroxyl groups is 1. The number of aliphatic imine (C=N–C) groups is 1. The Hall–Kier alpha value is -4.77. The maximum atomic E-state index is 14.5. The third-order valence-corrected chi connectivity index (χ3v) is 8.05. The van der Waals surface area contributed by atoms with Crippen molar-refractivity contribution in [1.82, 2.24) is 5.32 Å². The molecule has 0 spiro atoms. The van der Waals surface area contributed by atoms with E-state index in [0.29, 0.717) is 35.5 Å². The van der Waals surface area contributed by atoms with Gasteiger partial charge in [0.1, 0.15) is 5.75 Å². The van der Waals surface area contributed by atoms with Crippen molar-refractivity contribution in [2.75, 3.05) is 13.2 Å². The molecule has 0 aliphatic carbocycles. The van der Waals surface area contributed by atoms with Crippen LogP contribution in [0.25, 0.3) is 10.4 Å². The Kier molecular flexibility index (Phi) is 10.6. The number of benzene rings is 4. The van der Waals surface area contributed by atoms with Crippen molar-refractivity contribution in [1.29, 1.82) is 0 Å². The van der Waals surface area contributed by atoms with Gasteiger partial charge in [0.25, 0.3) is 5.91 Å². The molecular weight excluding hydrogens is 660 g/mol. The van der Waals surface area contributed by atoms with Crippen LogP contribution in [-0.2, 0) is 29.0 Å². The van der Waals surface area contributed by atoms with E-state index in [0.717, 1.165) is 27.7 Å². The molecule has 0 fully saturated rings. The Morgan fingerprint density at radius 2 is 1.78 bits per heavy atom. The molecular formula is C34H30BrF2N5O4. The predicted octanol–water partition coefficient (Wildman–Crippen LogP) is 7.11. The number of hydrogen-bond donors (Lipinski definition) is 2. The SMILES string of the molecule is [N-]=[N+]=NCc1ccccc1C[C@@]1(C(=O)NCc2ccc(F)c(F)c2)N=C(c2ccc(OCCCO)cc2)O[C@@H]1c1ccc(Br)cc1. The molecule has 12 heteroatoms. The first-order chi connectivity index (χ1) is 22.3. The average molecular weight is 691 g/mol. The van der Waals surface area contributed by atoms with E-state index < -0.39 is 29.2 Å². The molecule has 46 heavy (non-hydrogen) atoms. The van der Waals surface area contributed by atoms with Gasteiger partial charge < -0.3 is 19.9 Å². The van der Waals surface area contributed by atoms with E-state index in [1.807, 2.05) is 48.5 Å². The fraction of sp³-hybridized carbons (Fsp3) is 0.235. The van der Waals surface area contributed by atoms with E-state index >= 15 is 0 Å². The van der Waals surface area contributed by atoms with Crippen LogP contribution in [0.5, 0.6) is 5.75 Å². The minimum absolute atomic E-state index is 0.0203. The minimum Gasteiger partial charge on any atom is -0.494 e. The van der Waals surface area contributed by atoms with Crippen LogP contribution in [0.4, 0.5) is 8.78 Å². The lowest BCUT2D eigenvalue weighted by atomic mass is 9.81. The number of aliphatic hydroxyl groups excluding tert-OH is 1. The fourth-order valence-electron chi connectivity index (χ4n) is 5.19. The molecule has 1 aliphatic heterocycles. The molecule has 5 rings (SSSR count). The molecule has 0 unspecified atom stereocenters. The summed E-state index contributed by atoms with van der Waals surface area (Å²) in [6.07, 6.45) is -0.329. The van der Waals surface area contributed by atoms with E-state index in [9.17, 15) is 13.6 Å². The van der Waals surface area contributed by atoms with Gasteiger partial charge in [0, 0.05) is 40.9 Å². The summed E-state index contributed by atoms with van der Waals surface area (Å²) in [5.41, 5.74) is 10.5. The first kappa shape index (κ1) is 32.6. The number of nitrogens with one attached hydrogen (secondary N) is 1. The molecule has 0 radical (unpaired) electrons. The smallest absolute Gasteiger partial charge is 0.252 e. The Morgan fingerprint density at radius 1 is 1.04 bits per heavy atom. The normalized spacial score (nSPS) is 17.0. The second-order valence-corrected chi connectivity index (χ2v) is 11.5. The number of carbonyl (C=O) groups excluding carboxylic acids is 1. The van der Waals surface area contributed by atoms with E-state index in [2.05, 4.69) is 31.3 Å². The van der Waals surface area contributed by atoms with Gasteiger partial charge in [-0.05, 0) is 76.3 Å². The number of carbonyl (C=O) groups is 1. The van der Waals surface area contributed by atoms with Crippen LogP contribution in [0.2, 0.25) is 0 Å². The lowest BCUT2D eigenvalue weighted by molar-refractivity contribution is -0.129. The molecule has 1 amide bonds. The van der Waals surface area contributed by atoms with Gasteiger partial charge in [-0.1, -0.05) is 63.5 Å². The molecule has 236 valence electrons. The van der Waals surface area contributed by atoms with Crippen LogP contribution in [0.15, 0.2) is 106 Å². The Balaban J connectivity index is 1.59. The van der Waals surface area contributed by atoms with Gasteiger partial charge in [-0.25, -0.2) is 13.8 Å². The summed E-state index contributed by atoms with van der Waals surface area (Å²) in [6.45, 7) is 0.356. The maximum absolute atomic E-state index is 14.5. The molecule has 2 atom stereocenters. The minimum atomic E-state index is -1.56. The zero-order chi connectivity index (χ0) is 32.5. The number of halogens is 3. The number of nitrogens with zero attached hydrogens (tertiary/aromatic N) is 4. The summed E-state index contributed by atoms with van der Waals surface area (Å²) >= 11 is 3.47. The highest BCUT2D eigenvalue weighted by Crippen LogP contribution is 2.43. The van der Waals surface area contributed by atoms with Gasteiger partial charge in [-0.3, -0.25) is 4.79 Å². The average Bonchev–Trinajstić information content (AvgIpc) is 3.46. The summed E-state index contributed by atoms with van der Waals surface area (Å²) in [6, 6.07) is 25.2. The number of hydrogen-bond acceptors (Lipinski definition) is 6. The molecule has 2 N–H and O–H groups in total. The van der Waals surface area contributed by atoms with Crippen molar-refractivity contribution in [2.24, 2.45) is 10.1 Å². The molecule has 1 aliphatic rings. The zero-order valence-electron chi connectivity index (χ0n) is 24.6. The van der Waals surface area contributed by atoms with Crippen molar-refractivity contribution in [3.8, 4) is 5.75 Å². The second kappa shape index (κ2) is 15.0. The zero-order valence-corrected chi connectivity index (χ0v) is 26.2. The summed E-state index contributed by atoms with van der Waals surface area (Å²) in [5.74, 6) is -1.67. The number of ether oxygens (including phenoxy) is 2. The Labute approximate surface area is 272 Å². The summed E-state index contributed by atoms with van der Waals surface area (Å²) in [7, 11) is 0. The summed E-state index contributed by atoms with van der Waals surface area (Å²) in [4.78, 5) is 22.3. The van der Waals surface area contributed by atoms with Gasteiger partial charge in [-0.2, -0.15) is 0 Å². The molecule has 4 aromatic carbocycles. The number of rotatable bonds is 13. The molecule has 1 heterocycles. The lowest BCUT2D eigenvalue weighted by Gasteiger charge is -2.31. The van der Waals surface area contributed by atoms with Crippen LogP contribution in [-0.4, -0.2) is 35.7 Å². The van der Waals surface area contributed by atoms with E-state index in [1.54, 1.807) is 24.3 Å². The number of azide groups is 1. The summed E-state index contributed by atoms with van der Waals surface area (Å²) in [5, 5.41) is 15.7. The topological polar surface area (TPSA) is 129 Å². The highest BCUT2D eigenvalue weighted by Gasteiger charge is 2.53. The molecule has 9 nitrogen and oxygen atoms in total. The first-order valence-corrected chi connectivity index (χ1v) is 15.3. The standard InChI is InChI=1S/C34H30BrF2N5O4/c35-27-11-7-23(8-12-27)31-34(19-25-4-1-2-5-26(25)21-40-42-38,33(44)39-20-22-6-15-29(36)30(37)18-22)41-32(46-31)24-9-13-28(14-10-24)45-17-3-16-43/h1-2,4-15,18,31,43H,3,16-17,19-21H2,(H,39,44)/t31-,34-/m1/s1. The highest BCUT2D eigenvalue weighted by molar-refractivity contribution is 9.10. The predicted molar refractivity (Wildman–Crippen MR) is 172 cm³/mol. The van der Waals surface area contributed by atoms with Gasteiger partial charge in [-0.15, -0.1) is 0 Å². The van der Waals surface area contributed by atoms with Crippen molar-refractivity contribution in [2.45, 2.75) is 37.6 Å². The van der Waals surface area contributed by atoms with E-state index in [1.165, 1.54) is 6.07 Å². The first-order valence-electron chi connectivity index (χ1n) is 14.5. The second-order valence-electron chi connectivity index (χ2n) is 10.6. The van der Waals surface area contributed by atoms with Gasteiger partial charge in [0.15, 0.2) is 23.3 Å². The van der Waals surface area contributed by atoms with Crippen LogP contribution in [0.3, 0.4) is 0 Å². The van der Waals surface area contributed by atoms with Crippen LogP contribution >= 0.6 is 15.9 Å². The summed E-state index contributed by atoms with van der Waals surface area (Å²) < 4.78 is 40.6. The Morgan fingerprint density at radius 3 is 2.48 bits per heavy atom. The molecule has 0 saturated carbocycles. The number of amides is 1. The van der Waals surface area contributed by atoms with E-state index in [4.69, 9.17) is 25.1 Å². The molecule has 0 bridgehead atoms. The largest absolute Gasteiger partial charge is 0.494 e. The van der Waals surface area contributed by atoms with Crippen molar-refractivity contribution in [3.63, 3.8) is 0 Å². The lowest BCUT2D eigenvalue weighted by Crippen LogP contribution is -2.49. The van der Waals surface area contributed by atoms with Crippen LogP contribution in [0.1, 0.15) is 40.3 Å². The van der Waals surface area contributed by atoms with Crippen molar-refractivity contribution < 1.29 is 28.2 Å².